The molecule has 104 valence electrons. The summed E-state index contributed by atoms with van der Waals surface area (Å²) in [7, 11) is 0. The van der Waals surface area contributed by atoms with Crippen molar-refractivity contribution in [2.75, 3.05) is 26.3 Å². The van der Waals surface area contributed by atoms with Crippen molar-refractivity contribution < 1.29 is 9.31 Å². The van der Waals surface area contributed by atoms with E-state index in [0.717, 1.165) is 31.6 Å². The molecule has 0 unspecified atom stereocenters. The summed E-state index contributed by atoms with van der Waals surface area (Å²) < 4.78 is 13.1. The Hall–Kier alpha value is -1.49. The first-order valence-electron chi connectivity index (χ1n) is 6.68. The van der Waals surface area contributed by atoms with E-state index < -0.39 is 4.92 Å². The van der Waals surface area contributed by atoms with Gasteiger partial charge in [0.2, 0.25) is 0 Å². The lowest BCUT2D eigenvalue weighted by molar-refractivity contribution is -0.384. The van der Waals surface area contributed by atoms with Gasteiger partial charge >= 0.3 is 0 Å². The monoisotopic (exact) mass is 266 g/mol. The summed E-state index contributed by atoms with van der Waals surface area (Å²) in [6, 6.07) is 6.54. The van der Waals surface area contributed by atoms with Crippen LogP contribution < -0.4 is 0 Å². The summed E-state index contributed by atoms with van der Waals surface area (Å²) in [5.74, 6) is 0.158. The molecule has 0 amide bonds. The molecule has 1 aromatic carbocycles. The molecular formula is C14H19FN2O2. The van der Waals surface area contributed by atoms with Gasteiger partial charge in [0.25, 0.3) is 5.69 Å². The highest BCUT2D eigenvalue weighted by atomic mass is 19.1. The molecule has 19 heavy (non-hydrogen) atoms. The lowest BCUT2D eigenvalue weighted by Gasteiger charge is -2.15. The first-order chi connectivity index (χ1) is 9.15. The number of likely N-dealkylation sites (tertiary alicyclic amines) is 1. The van der Waals surface area contributed by atoms with Crippen LogP contribution >= 0.6 is 0 Å². The summed E-state index contributed by atoms with van der Waals surface area (Å²) in [5, 5.41) is 10.6. The van der Waals surface area contributed by atoms with Gasteiger partial charge in [-0.2, -0.15) is 0 Å². The summed E-state index contributed by atoms with van der Waals surface area (Å²) in [6.07, 6.45) is 1.06. The molecule has 4 nitrogen and oxygen atoms in total. The number of non-ortho nitro benzene ring substituents is 1. The molecule has 2 atom stereocenters. The van der Waals surface area contributed by atoms with Crippen LogP contribution in [0.15, 0.2) is 24.3 Å². The Morgan fingerprint density at radius 2 is 2.05 bits per heavy atom. The third-order valence-electron chi connectivity index (χ3n) is 3.79. The van der Waals surface area contributed by atoms with Gasteiger partial charge in [-0.25, -0.2) is 0 Å². The number of halogens is 1. The fraction of sp³-hybridized carbons (Fsp3) is 0.571. The lowest BCUT2D eigenvalue weighted by atomic mass is 9.90. The zero-order chi connectivity index (χ0) is 13.8. The first kappa shape index (κ1) is 13.9. The number of hydrogen-bond acceptors (Lipinski definition) is 3. The molecule has 0 spiro atoms. The number of benzene rings is 1. The van der Waals surface area contributed by atoms with Gasteiger partial charge in [-0.1, -0.05) is 19.1 Å². The SMILES string of the molecule is CCCN1C[C@@H](CF)[C@H](c2ccc([N+](=O)[O-])cc2)C1. The minimum atomic E-state index is -0.408. The van der Waals surface area contributed by atoms with Crippen molar-refractivity contribution in [2.24, 2.45) is 5.92 Å². The molecule has 1 aliphatic heterocycles. The van der Waals surface area contributed by atoms with E-state index in [1.54, 1.807) is 12.1 Å². The van der Waals surface area contributed by atoms with E-state index in [0.29, 0.717) is 0 Å². The van der Waals surface area contributed by atoms with Crippen molar-refractivity contribution in [1.29, 1.82) is 0 Å². The standard InChI is InChI=1S/C14H19FN2O2/c1-2-7-16-9-12(8-15)14(10-16)11-3-5-13(6-4-11)17(18)19/h3-6,12,14H,2,7-10H2,1H3/t12-,14+/m1/s1. The number of nitro groups is 1. The average molecular weight is 266 g/mol. The largest absolute Gasteiger partial charge is 0.302 e. The molecule has 0 N–H and O–H groups in total. The van der Waals surface area contributed by atoms with Crippen LogP contribution in [0.2, 0.25) is 0 Å². The van der Waals surface area contributed by atoms with E-state index >= 15 is 0 Å². The van der Waals surface area contributed by atoms with Crippen molar-refractivity contribution in [1.82, 2.24) is 4.90 Å². The molecule has 1 aliphatic rings. The van der Waals surface area contributed by atoms with E-state index in [9.17, 15) is 14.5 Å². The smallest absolute Gasteiger partial charge is 0.269 e. The number of nitro benzene ring substituents is 1. The van der Waals surface area contributed by atoms with Gasteiger partial charge in [0.1, 0.15) is 0 Å². The third-order valence-corrected chi connectivity index (χ3v) is 3.79. The number of alkyl halides is 1. The molecule has 0 saturated carbocycles. The molecular weight excluding hydrogens is 247 g/mol. The molecule has 0 aliphatic carbocycles. The van der Waals surface area contributed by atoms with Gasteiger partial charge in [0.15, 0.2) is 0 Å². The van der Waals surface area contributed by atoms with E-state index in [-0.39, 0.29) is 24.2 Å². The van der Waals surface area contributed by atoms with Crippen molar-refractivity contribution in [3.05, 3.63) is 39.9 Å². The van der Waals surface area contributed by atoms with Crippen LogP contribution in [0.4, 0.5) is 10.1 Å². The van der Waals surface area contributed by atoms with Crippen LogP contribution in [-0.2, 0) is 0 Å². The molecule has 0 aromatic heterocycles. The first-order valence-corrected chi connectivity index (χ1v) is 6.68. The summed E-state index contributed by atoms with van der Waals surface area (Å²) in [6.45, 7) is 4.40. The fourth-order valence-corrected chi connectivity index (χ4v) is 2.84. The van der Waals surface area contributed by atoms with Crippen molar-refractivity contribution in [3.8, 4) is 0 Å². The van der Waals surface area contributed by atoms with Crippen molar-refractivity contribution in [3.63, 3.8) is 0 Å². The van der Waals surface area contributed by atoms with Crippen LogP contribution in [0, 0.1) is 16.0 Å². The van der Waals surface area contributed by atoms with Crippen molar-refractivity contribution in [2.45, 2.75) is 19.3 Å². The van der Waals surface area contributed by atoms with Crippen LogP contribution in [0.3, 0.4) is 0 Å². The Morgan fingerprint density at radius 1 is 1.37 bits per heavy atom. The topological polar surface area (TPSA) is 46.4 Å². The van der Waals surface area contributed by atoms with Crippen molar-refractivity contribution >= 4 is 5.69 Å². The van der Waals surface area contributed by atoms with Crippen LogP contribution in [0.25, 0.3) is 0 Å². The maximum absolute atomic E-state index is 13.1. The number of hydrogen-bond donors (Lipinski definition) is 0. The summed E-state index contributed by atoms with van der Waals surface area (Å²) >= 11 is 0. The van der Waals surface area contributed by atoms with E-state index in [2.05, 4.69) is 11.8 Å². The zero-order valence-corrected chi connectivity index (χ0v) is 11.1. The van der Waals surface area contributed by atoms with E-state index in [4.69, 9.17) is 0 Å². The molecule has 0 bridgehead atoms. The predicted octanol–water partition coefficient (Wildman–Crippen LogP) is 2.99. The molecule has 1 fully saturated rings. The predicted molar refractivity (Wildman–Crippen MR) is 72.0 cm³/mol. The molecule has 5 heteroatoms. The Labute approximate surface area is 112 Å². The van der Waals surface area contributed by atoms with Crippen LogP contribution in [0.5, 0.6) is 0 Å². The molecule has 0 radical (unpaired) electrons. The lowest BCUT2D eigenvalue weighted by Crippen LogP contribution is -2.21. The average Bonchev–Trinajstić information content (AvgIpc) is 2.82. The second kappa shape index (κ2) is 6.10. The number of nitrogens with zero attached hydrogens (tertiary/aromatic N) is 2. The van der Waals surface area contributed by atoms with Gasteiger partial charge < -0.3 is 4.90 Å². The van der Waals surface area contributed by atoms with Gasteiger partial charge in [-0.05, 0) is 18.5 Å². The van der Waals surface area contributed by atoms with Gasteiger partial charge in [-0.3, -0.25) is 14.5 Å². The quantitative estimate of drug-likeness (QED) is 0.608. The zero-order valence-electron chi connectivity index (χ0n) is 11.1. The highest BCUT2D eigenvalue weighted by Gasteiger charge is 2.33. The third kappa shape index (κ3) is 3.10. The van der Waals surface area contributed by atoms with Gasteiger partial charge in [-0.15, -0.1) is 0 Å². The highest BCUT2D eigenvalue weighted by Crippen LogP contribution is 2.33. The molecule has 1 aromatic rings. The maximum atomic E-state index is 13.1. The minimum absolute atomic E-state index is 0.00741. The minimum Gasteiger partial charge on any atom is -0.302 e. The Balaban J connectivity index is 2.13. The summed E-state index contributed by atoms with van der Waals surface area (Å²) in [4.78, 5) is 12.5. The Bertz CT molecular complexity index is 436. The van der Waals surface area contributed by atoms with E-state index in [1.165, 1.54) is 12.1 Å². The molecule has 1 heterocycles. The molecule has 1 saturated heterocycles. The number of rotatable bonds is 5. The van der Waals surface area contributed by atoms with E-state index in [1.807, 2.05) is 0 Å². The highest BCUT2D eigenvalue weighted by molar-refractivity contribution is 5.35. The second-order valence-electron chi connectivity index (χ2n) is 5.13. The second-order valence-corrected chi connectivity index (χ2v) is 5.13. The van der Waals surface area contributed by atoms with Gasteiger partial charge in [0, 0.05) is 37.1 Å². The van der Waals surface area contributed by atoms with Crippen LogP contribution in [-0.4, -0.2) is 36.1 Å². The summed E-state index contributed by atoms with van der Waals surface area (Å²) in [5.41, 5.74) is 1.09. The normalized spacial score (nSPS) is 23.7. The fourth-order valence-electron chi connectivity index (χ4n) is 2.84. The Morgan fingerprint density at radius 3 is 2.58 bits per heavy atom. The van der Waals surface area contributed by atoms with Gasteiger partial charge in [0.05, 0.1) is 11.6 Å². The van der Waals surface area contributed by atoms with Crippen LogP contribution in [0.1, 0.15) is 24.8 Å². The maximum Gasteiger partial charge on any atom is 0.269 e. The molecule has 2 rings (SSSR count). The Kier molecular flexibility index (Phi) is 4.47.